The number of hydrogen-bond donors (Lipinski definition) is 0. The average Bonchev–Trinajstić information content (AvgIpc) is 2.81. The van der Waals surface area contributed by atoms with Crippen molar-refractivity contribution in [2.75, 3.05) is 13.2 Å². The molecule has 4 heteroatoms. The Morgan fingerprint density at radius 1 is 1.50 bits per heavy atom. The molecule has 1 atom stereocenters. The highest BCUT2D eigenvalue weighted by molar-refractivity contribution is 9.10. The maximum atomic E-state index is 11.9. The Labute approximate surface area is 116 Å². The molecule has 1 aliphatic rings. The second kappa shape index (κ2) is 6.34. The first-order valence-corrected chi connectivity index (χ1v) is 7.15. The van der Waals surface area contributed by atoms with Crippen molar-refractivity contribution in [1.29, 1.82) is 0 Å². The molecule has 1 fully saturated rings. The molecule has 1 aromatic carbocycles. The number of carbonyl (C=O) groups is 1. The van der Waals surface area contributed by atoms with Gasteiger partial charge in [0.2, 0.25) is 0 Å². The lowest BCUT2D eigenvalue weighted by Crippen LogP contribution is -2.36. The molecule has 1 saturated heterocycles. The van der Waals surface area contributed by atoms with Crippen LogP contribution < -0.4 is 0 Å². The van der Waals surface area contributed by atoms with Crippen molar-refractivity contribution in [3.63, 3.8) is 0 Å². The van der Waals surface area contributed by atoms with E-state index in [-0.39, 0.29) is 12.0 Å². The second-order valence-corrected chi connectivity index (χ2v) is 5.33. The second-order valence-electron chi connectivity index (χ2n) is 4.47. The number of ether oxygens (including phenoxy) is 1. The summed E-state index contributed by atoms with van der Waals surface area (Å²) in [5.74, 6) is -0.0814. The fraction of sp³-hybridized carbons (Fsp3) is 0.500. The highest BCUT2D eigenvalue weighted by atomic mass is 79.9. The average molecular weight is 312 g/mol. The lowest BCUT2D eigenvalue weighted by Gasteiger charge is -2.23. The van der Waals surface area contributed by atoms with Crippen LogP contribution in [0.3, 0.4) is 0 Å². The van der Waals surface area contributed by atoms with E-state index in [2.05, 4.69) is 26.9 Å². The summed E-state index contributed by atoms with van der Waals surface area (Å²) in [6, 6.07) is 8.07. The molecule has 0 spiro atoms. The van der Waals surface area contributed by atoms with E-state index in [1.54, 1.807) is 0 Å². The molecule has 0 radical (unpaired) electrons. The van der Waals surface area contributed by atoms with Crippen molar-refractivity contribution in [3.05, 3.63) is 34.3 Å². The van der Waals surface area contributed by atoms with E-state index >= 15 is 0 Å². The summed E-state index contributed by atoms with van der Waals surface area (Å²) in [7, 11) is 0. The van der Waals surface area contributed by atoms with Crippen LogP contribution in [-0.4, -0.2) is 30.1 Å². The molecule has 0 aromatic heterocycles. The molecule has 2 rings (SSSR count). The van der Waals surface area contributed by atoms with E-state index in [4.69, 9.17) is 4.74 Å². The summed E-state index contributed by atoms with van der Waals surface area (Å²) in [5.41, 5.74) is 1.22. The Morgan fingerprint density at radius 2 is 2.28 bits per heavy atom. The van der Waals surface area contributed by atoms with Crippen molar-refractivity contribution in [2.24, 2.45) is 0 Å². The Hall–Kier alpha value is -0.870. The summed E-state index contributed by atoms with van der Waals surface area (Å²) in [4.78, 5) is 14.1. The van der Waals surface area contributed by atoms with Crippen molar-refractivity contribution in [2.45, 2.75) is 32.4 Å². The highest BCUT2D eigenvalue weighted by Crippen LogP contribution is 2.24. The number of benzene rings is 1. The molecule has 0 aliphatic carbocycles. The van der Waals surface area contributed by atoms with E-state index in [0.717, 1.165) is 30.4 Å². The van der Waals surface area contributed by atoms with Crippen LogP contribution in [-0.2, 0) is 16.1 Å². The van der Waals surface area contributed by atoms with Gasteiger partial charge in [0.1, 0.15) is 6.04 Å². The first kappa shape index (κ1) is 13.6. The maximum absolute atomic E-state index is 11.9. The molecule has 0 N–H and O–H groups in total. The van der Waals surface area contributed by atoms with Crippen molar-refractivity contribution in [3.8, 4) is 0 Å². The molecular weight excluding hydrogens is 294 g/mol. The zero-order valence-electron chi connectivity index (χ0n) is 10.6. The summed E-state index contributed by atoms with van der Waals surface area (Å²) < 4.78 is 6.23. The number of esters is 1. The van der Waals surface area contributed by atoms with Crippen LogP contribution in [0, 0.1) is 0 Å². The van der Waals surface area contributed by atoms with Gasteiger partial charge in [0.05, 0.1) is 6.61 Å². The molecule has 1 aromatic rings. The minimum Gasteiger partial charge on any atom is -0.465 e. The topological polar surface area (TPSA) is 29.5 Å². The van der Waals surface area contributed by atoms with Gasteiger partial charge in [-0.15, -0.1) is 0 Å². The quantitative estimate of drug-likeness (QED) is 0.801. The number of halogens is 1. The summed E-state index contributed by atoms with van der Waals surface area (Å²) >= 11 is 3.55. The van der Waals surface area contributed by atoms with E-state index in [1.165, 1.54) is 5.56 Å². The molecule has 1 aliphatic heterocycles. The first-order valence-electron chi connectivity index (χ1n) is 6.36. The lowest BCUT2D eigenvalue weighted by molar-refractivity contribution is -0.148. The zero-order valence-corrected chi connectivity index (χ0v) is 12.1. The largest absolute Gasteiger partial charge is 0.465 e. The van der Waals surface area contributed by atoms with Gasteiger partial charge in [0.25, 0.3) is 0 Å². The van der Waals surface area contributed by atoms with Crippen LogP contribution in [0.15, 0.2) is 28.7 Å². The van der Waals surface area contributed by atoms with E-state index < -0.39 is 0 Å². The van der Waals surface area contributed by atoms with Gasteiger partial charge >= 0.3 is 5.97 Å². The van der Waals surface area contributed by atoms with Gasteiger partial charge < -0.3 is 4.74 Å². The number of likely N-dealkylation sites (tertiary alicyclic amines) is 1. The Morgan fingerprint density at radius 3 is 3.00 bits per heavy atom. The number of nitrogens with zero attached hydrogens (tertiary/aromatic N) is 1. The van der Waals surface area contributed by atoms with Crippen LogP contribution in [0.1, 0.15) is 25.3 Å². The third-order valence-corrected chi connectivity index (χ3v) is 4.03. The van der Waals surface area contributed by atoms with Crippen LogP contribution in [0.5, 0.6) is 0 Å². The van der Waals surface area contributed by atoms with Crippen molar-refractivity contribution < 1.29 is 9.53 Å². The van der Waals surface area contributed by atoms with E-state index in [0.29, 0.717) is 6.61 Å². The van der Waals surface area contributed by atoms with Crippen molar-refractivity contribution >= 4 is 21.9 Å². The van der Waals surface area contributed by atoms with Gasteiger partial charge in [-0.2, -0.15) is 0 Å². The SMILES string of the molecule is CCOC(=O)C1CCCN1Cc1ccccc1Br. The molecule has 0 saturated carbocycles. The molecule has 3 nitrogen and oxygen atoms in total. The standard InChI is InChI=1S/C14H18BrNO2/c1-2-18-14(17)13-8-5-9-16(13)10-11-6-3-4-7-12(11)15/h3-4,6-7,13H,2,5,8-10H2,1H3. The highest BCUT2D eigenvalue weighted by Gasteiger charge is 2.31. The summed E-state index contributed by atoms with van der Waals surface area (Å²) in [6.45, 7) is 4.07. The normalized spacial score (nSPS) is 20.0. The lowest BCUT2D eigenvalue weighted by atomic mass is 10.2. The predicted octanol–water partition coefficient (Wildman–Crippen LogP) is 2.98. The molecular formula is C14H18BrNO2. The van der Waals surface area contributed by atoms with Gasteiger partial charge in [-0.05, 0) is 37.9 Å². The van der Waals surface area contributed by atoms with Gasteiger partial charge in [-0.3, -0.25) is 9.69 Å². The van der Waals surface area contributed by atoms with Gasteiger partial charge in [0.15, 0.2) is 0 Å². The Bertz CT molecular complexity index is 422. The van der Waals surface area contributed by atoms with Gasteiger partial charge in [-0.1, -0.05) is 34.1 Å². The van der Waals surface area contributed by atoms with E-state index in [9.17, 15) is 4.79 Å². The third-order valence-electron chi connectivity index (χ3n) is 3.25. The minimum absolute atomic E-state index is 0.0722. The Kier molecular flexibility index (Phi) is 4.78. The zero-order chi connectivity index (χ0) is 13.0. The van der Waals surface area contributed by atoms with Crippen LogP contribution >= 0.6 is 15.9 Å². The van der Waals surface area contributed by atoms with Crippen LogP contribution in [0.4, 0.5) is 0 Å². The molecule has 98 valence electrons. The molecule has 18 heavy (non-hydrogen) atoms. The van der Waals surface area contributed by atoms with E-state index in [1.807, 2.05) is 25.1 Å². The molecule has 0 bridgehead atoms. The molecule has 0 amide bonds. The summed E-state index contributed by atoms with van der Waals surface area (Å²) in [6.07, 6.45) is 1.97. The number of hydrogen-bond acceptors (Lipinski definition) is 3. The molecule has 1 heterocycles. The fourth-order valence-corrected chi connectivity index (χ4v) is 2.78. The van der Waals surface area contributed by atoms with Gasteiger partial charge in [-0.25, -0.2) is 0 Å². The third kappa shape index (κ3) is 3.12. The summed E-state index contributed by atoms with van der Waals surface area (Å²) in [5, 5.41) is 0. The minimum atomic E-state index is -0.0814. The maximum Gasteiger partial charge on any atom is 0.323 e. The monoisotopic (exact) mass is 311 g/mol. The molecule has 1 unspecified atom stereocenters. The van der Waals surface area contributed by atoms with Crippen LogP contribution in [0.2, 0.25) is 0 Å². The Balaban J connectivity index is 2.04. The predicted molar refractivity (Wildman–Crippen MR) is 74.2 cm³/mol. The smallest absolute Gasteiger partial charge is 0.323 e. The van der Waals surface area contributed by atoms with Crippen molar-refractivity contribution in [1.82, 2.24) is 4.90 Å². The fourth-order valence-electron chi connectivity index (χ4n) is 2.37. The van der Waals surface area contributed by atoms with Gasteiger partial charge in [0, 0.05) is 11.0 Å². The van der Waals surface area contributed by atoms with Crippen LogP contribution in [0.25, 0.3) is 0 Å². The number of rotatable bonds is 4. The number of carbonyl (C=O) groups excluding carboxylic acids is 1. The first-order chi connectivity index (χ1) is 8.72.